The highest BCUT2D eigenvalue weighted by atomic mass is 16.5. The van der Waals surface area contributed by atoms with E-state index in [0.717, 1.165) is 5.56 Å². The van der Waals surface area contributed by atoms with Crippen molar-refractivity contribution in [3.63, 3.8) is 0 Å². The predicted octanol–water partition coefficient (Wildman–Crippen LogP) is 2.75. The Kier molecular flexibility index (Phi) is 4.70. The van der Waals surface area contributed by atoms with E-state index in [4.69, 9.17) is 9.84 Å². The number of carboxylic acids is 1. The first kappa shape index (κ1) is 13.7. The number of benzene rings is 1. The molecule has 0 aliphatic rings. The van der Waals surface area contributed by atoms with Gasteiger partial charge >= 0.3 is 5.97 Å². The lowest BCUT2D eigenvalue weighted by Crippen LogP contribution is -2.30. The van der Waals surface area contributed by atoms with Crippen molar-refractivity contribution < 1.29 is 14.6 Å². The zero-order valence-electron chi connectivity index (χ0n) is 10.6. The van der Waals surface area contributed by atoms with E-state index in [0.29, 0.717) is 13.0 Å². The number of carboxylic acid groups (broad SMARTS) is 1. The maximum Gasteiger partial charge on any atom is 0.333 e. The lowest BCUT2D eigenvalue weighted by atomic mass is 9.98. The molecule has 0 spiro atoms. The average molecular weight is 236 g/mol. The molecule has 0 aromatic heterocycles. The molecule has 0 heterocycles. The minimum absolute atomic E-state index is 0.0234. The number of hydrogen-bond donors (Lipinski definition) is 1. The van der Waals surface area contributed by atoms with Crippen molar-refractivity contribution in [1.82, 2.24) is 0 Å². The summed E-state index contributed by atoms with van der Waals surface area (Å²) in [4.78, 5) is 11.1. The second-order valence-corrected chi connectivity index (χ2v) is 5.39. The third-order valence-corrected chi connectivity index (χ3v) is 2.26. The van der Waals surface area contributed by atoms with Gasteiger partial charge in [0.1, 0.15) is 0 Å². The van der Waals surface area contributed by atoms with E-state index >= 15 is 0 Å². The molecule has 17 heavy (non-hydrogen) atoms. The highest BCUT2D eigenvalue weighted by Gasteiger charge is 2.21. The van der Waals surface area contributed by atoms with Gasteiger partial charge in [0.15, 0.2) is 6.10 Å². The fourth-order valence-electron chi connectivity index (χ4n) is 1.40. The highest BCUT2D eigenvalue weighted by Crippen LogP contribution is 2.16. The number of rotatable bonds is 5. The van der Waals surface area contributed by atoms with Crippen LogP contribution in [0.15, 0.2) is 30.3 Å². The number of ether oxygens (including phenoxy) is 1. The zero-order valence-corrected chi connectivity index (χ0v) is 10.6. The summed E-state index contributed by atoms with van der Waals surface area (Å²) in [5.74, 6) is -0.905. The van der Waals surface area contributed by atoms with E-state index in [1.807, 2.05) is 51.1 Å². The van der Waals surface area contributed by atoms with Crippen LogP contribution in [0.4, 0.5) is 0 Å². The van der Waals surface area contributed by atoms with Gasteiger partial charge in [-0.25, -0.2) is 4.79 Å². The summed E-state index contributed by atoms with van der Waals surface area (Å²) in [7, 11) is 0. The van der Waals surface area contributed by atoms with Gasteiger partial charge in [0.05, 0.1) is 6.61 Å². The molecule has 0 fully saturated rings. The summed E-state index contributed by atoms with van der Waals surface area (Å²) in [6.45, 7) is 6.51. The zero-order chi connectivity index (χ0) is 12.9. The summed E-state index contributed by atoms with van der Waals surface area (Å²) < 4.78 is 5.47. The Morgan fingerprint density at radius 1 is 1.29 bits per heavy atom. The van der Waals surface area contributed by atoms with Gasteiger partial charge in [0, 0.05) is 6.42 Å². The molecule has 1 atom stereocenters. The average Bonchev–Trinajstić information content (AvgIpc) is 2.24. The Morgan fingerprint density at radius 3 is 2.35 bits per heavy atom. The van der Waals surface area contributed by atoms with Crippen molar-refractivity contribution in [2.45, 2.75) is 33.3 Å². The molecule has 1 aromatic rings. The molecular weight excluding hydrogens is 216 g/mol. The normalized spacial score (nSPS) is 13.4. The fourth-order valence-corrected chi connectivity index (χ4v) is 1.40. The second kappa shape index (κ2) is 5.82. The van der Waals surface area contributed by atoms with Gasteiger partial charge in [-0.15, -0.1) is 0 Å². The molecule has 0 aliphatic heterocycles. The van der Waals surface area contributed by atoms with Crippen LogP contribution >= 0.6 is 0 Å². The fraction of sp³-hybridized carbons (Fsp3) is 0.500. The van der Waals surface area contributed by atoms with Gasteiger partial charge in [-0.1, -0.05) is 51.1 Å². The number of hydrogen-bond acceptors (Lipinski definition) is 2. The number of carbonyl (C=O) groups is 1. The molecular formula is C14H20O3. The Labute approximate surface area is 102 Å². The van der Waals surface area contributed by atoms with Crippen molar-refractivity contribution in [3.8, 4) is 0 Å². The third kappa shape index (κ3) is 5.50. The van der Waals surface area contributed by atoms with Crippen LogP contribution in [0.2, 0.25) is 0 Å². The Hall–Kier alpha value is -1.35. The van der Waals surface area contributed by atoms with Crippen LogP contribution in [0, 0.1) is 5.41 Å². The van der Waals surface area contributed by atoms with E-state index in [-0.39, 0.29) is 5.41 Å². The molecule has 1 aromatic carbocycles. The molecule has 3 heteroatoms. The molecule has 0 bridgehead atoms. The van der Waals surface area contributed by atoms with Gasteiger partial charge in [-0.3, -0.25) is 0 Å². The van der Waals surface area contributed by atoms with E-state index in [1.54, 1.807) is 0 Å². The lowest BCUT2D eigenvalue weighted by Gasteiger charge is -2.21. The topological polar surface area (TPSA) is 46.5 Å². The molecule has 0 radical (unpaired) electrons. The maximum atomic E-state index is 11.1. The Balaban J connectivity index is 2.59. The summed E-state index contributed by atoms with van der Waals surface area (Å²) in [5, 5.41) is 9.11. The van der Waals surface area contributed by atoms with Crippen LogP contribution in [0.5, 0.6) is 0 Å². The van der Waals surface area contributed by atoms with Crippen LogP contribution in [0.3, 0.4) is 0 Å². The minimum atomic E-state index is -0.905. The van der Waals surface area contributed by atoms with Crippen molar-refractivity contribution in [1.29, 1.82) is 0 Å². The standard InChI is InChI=1S/C14H20O3/c1-14(2,3)10-17-12(13(15)16)9-11-7-5-4-6-8-11/h4-8,12H,9-10H2,1-3H3,(H,15,16). The summed E-state index contributed by atoms with van der Waals surface area (Å²) in [6.07, 6.45) is -0.358. The van der Waals surface area contributed by atoms with E-state index in [1.165, 1.54) is 0 Å². The van der Waals surface area contributed by atoms with Crippen molar-refractivity contribution in [3.05, 3.63) is 35.9 Å². The first-order valence-electron chi connectivity index (χ1n) is 5.77. The molecule has 0 saturated carbocycles. The molecule has 94 valence electrons. The smallest absolute Gasteiger partial charge is 0.333 e. The maximum absolute atomic E-state index is 11.1. The van der Waals surface area contributed by atoms with Gasteiger partial charge < -0.3 is 9.84 Å². The van der Waals surface area contributed by atoms with Crippen molar-refractivity contribution in [2.24, 2.45) is 5.41 Å². The van der Waals surface area contributed by atoms with Crippen LogP contribution in [0.25, 0.3) is 0 Å². The third-order valence-electron chi connectivity index (χ3n) is 2.26. The predicted molar refractivity (Wildman–Crippen MR) is 67.0 cm³/mol. The second-order valence-electron chi connectivity index (χ2n) is 5.39. The number of aliphatic carboxylic acids is 1. The Morgan fingerprint density at radius 2 is 1.88 bits per heavy atom. The van der Waals surface area contributed by atoms with E-state index < -0.39 is 12.1 Å². The van der Waals surface area contributed by atoms with Crippen LogP contribution < -0.4 is 0 Å². The summed E-state index contributed by atoms with van der Waals surface area (Å²) in [5.41, 5.74) is 0.957. The first-order valence-corrected chi connectivity index (χ1v) is 5.77. The highest BCUT2D eigenvalue weighted by molar-refractivity contribution is 5.72. The SMILES string of the molecule is CC(C)(C)COC(Cc1ccccc1)C(=O)O. The molecule has 1 unspecified atom stereocenters. The van der Waals surface area contributed by atoms with Gasteiger partial charge in [0.25, 0.3) is 0 Å². The molecule has 0 saturated heterocycles. The van der Waals surface area contributed by atoms with Gasteiger partial charge in [0.2, 0.25) is 0 Å². The summed E-state index contributed by atoms with van der Waals surface area (Å²) >= 11 is 0. The van der Waals surface area contributed by atoms with E-state index in [9.17, 15) is 4.79 Å². The molecule has 0 aliphatic carbocycles. The molecule has 1 N–H and O–H groups in total. The summed E-state index contributed by atoms with van der Waals surface area (Å²) in [6, 6.07) is 9.54. The molecule has 0 amide bonds. The first-order chi connectivity index (χ1) is 7.88. The molecule has 3 nitrogen and oxygen atoms in total. The van der Waals surface area contributed by atoms with E-state index in [2.05, 4.69) is 0 Å². The lowest BCUT2D eigenvalue weighted by molar-refractivity contribution is -0.152. The quantitative estimate of drug-likeness (QED) is 0.855. The van der Waals surface area contributed by atoms with Crippen LogP contribution in [-0.2, 0) is 16.0 Å². The van der Waals surface area contributed by atoms with Gasteiger partial charge in [-0.05, 0) is 11.0 Å². The van der Waals surface area contributed by atoms with Crippen molar-refractivity contribution in [2.75, 3.05) is 6.61 Å². The van der Waals surface area contributed by atoms with Crippen LogP contribution in [-0.4, -0.2) is 23.8 Å². The minimum Gasteiger partial charge on any atom is -0.479 e. The van der Waals surface area contributed by atoms with Gasteiger partial charge in [-0.2, -0.15) is 0 Å². The monoisotopic (exact) mass is 236 g/mol. The van der Waals surface area contributed by atoms with Crippen LogP contribution in [0.1, 0.15) is 26.3 Å². The Bertz CT molecular complexity index is 351. The molecule has 1 rings (SSSR count). The largest absolute Gasteiger partial charge is 0.479 e. The van der Waals surface area contributed by atoms with Crippen molar-refractivity contribution >= 4 is 5.97 Å².